The molecule has 0 saturated carbocycles. The van der Waals surface area contributed by atoms with Gasteiger partial charge in [-0.3, -0.25) is 9.59 Å². The van der Waals surface area contributed by atoms with Gasteiger partial charge in [0.2, 0.25) is 0 Å². The Morgan fingerprint density at radius 2 is 1.59 bits per heavy atom. The molecule has 2 atom stereocenters. The van der Waals surface area contributed by atoms with Crippen molar-refractivity contribution >= 4 is 29.1 Å². The van der Waals surface area contributed by atoms with Crippen LogP contribution in [-0.4, -0.2) is 29.8 Å². The van der Waals surface area contributed by atoms with Crippen LogP contribution in [0, 0.1) is 18.8 Å². The molecule has 2 aromatic carbocycles. The third-order valence-corrected chi connectivity index (χ3v) is 5.25. The first-order valence-electron chi connectivity index (χ1n) is 9.30. The number of likely N-dealkylation sites (tertiary alicyclic amines) is 1. The molecular formula is C22H25ClN2O2. The predicted molar refractivity (Wildman–Crippen MR) is 109 cm³/mol. The van der Waals surface area contributed by atoms with Gasteiger partial charge >= 0.3 is 0 Å². The molecule has 1 saturated heterocycles. The molecule has 1 heterocycles. The summed E-state index contributed by atoms with van der Waals surface area (Å²) in [5, 5.41) is 3.49. The molecule has 1 aliphatic heterocycles. The van der Waals surface area contributed by atoms with Crippen LogP contribution in [0.3, 0.4) is 0 Å². The zero-order valence-electron chi connectivity index (χ0n) is 16.0. The third-order valence-electron chi connectivity index (χ3n) is 5.00. The number of carbonyl (C=O) groups is 2. The molecular weight excluding hydrogens is 360 g/mol. The van der Waals surface area contributed by atoms with Gasteiger partial charge in [-0.15, -0.1) is 0 Å². The number of amides is 2. The van der Waals surface area contributed by atoms with E-state index in [9.17, 15) is 9.59 Å². The Kier molecular flexibility index (Phi) is 5.85. The second-order valence-electron chi connectivity index (χ2n) is 7.65. The van der Waals surface area contributed by atoms with Crippen LogP contribution in [0.25, 0.3) is 0 Å². The molecule has 5 heteroatoms. The van der Waals surface area contributed by atoms with E-state index < -0.39 is 0 Å². The number of piperidine rings is 1. The SMILES string of the molecule is Cc1ccc(C(=O)N2CC(C)CC(C)C2)cc1NC(=O)c1ccc(Cl)cc1. The van der Waals surface area contributed by atoms with Crippen molar-refractivity contribution in [2.24, 2.45) is 11.8 Å². The smallest absolute Gasteiger partial charge is 0.255 e. The fraction of sp³-hybridized carbons (Fsp3) is 0.364. The summed E-state index contributed by atoms with van der Waals surface area (Å²) < 4.78 is 0. The lowest BCUT2D eigenvalue weighted by atomic mass is 9.91. The number of hydrogen-bond acceptors (Lipinski definition) is 2. The quantitative estimate of drug-likeness (QED) is 0.807. The van der Waals surface area contributed by atoms with Crippen LogP contribution in [0.4, 0.5) is 5.69 Å². The Labute approximate surface area is 165 Å². The van der Waals surface area contributed by atoms with Crippen LogP contribution >= 0.6 is 11.6 Å². The molecule has 0 spiro atoms. The fourth-order valence-corrected chi connectivity index (χ4v) is 3.82. The van der Waals surface area contributed by atoms with E-state index in [-0.39, 0.29) is 11.8 Å². The maximum atomic E-state index is 12.9. The third kappa shape index (κ3) is 4.69. The van der Waals surface area contributed by atoms with Gasteiger partial charge in [0.05, 0.1) is 0 Å². The van der Waals surface area contributed by atoms with Crippen molar-refractivity contribution in [2.45, 2.75) is 27.2 Å². The van der Waals surface area contributed by atoms with Gasteiger partial charge in [0, 0.05) is 34.9 Å². The molecule has 1 aliphatic rings. The standard InChI is InChI=1S/C22H25ClN2O2/c1-14-10-15(2)13-25(12-14)22(27)18-5-4-16(3)20(11-18)24-21(26)17-6-8-19(23)9-7-17/h4-9,11,14-15H,10,12-13H2,1-3H3,(H,24,26). The number of rotatable bonds is 3. The van der Waals surface area contributed by atoms with Gasteiger partial charge in [0.15, 0.2) is 0 Å². The molecule has 0 aromatic heterocycles. The highest BCUT2D eigenvalue weighted by Gasteiger charge is 2.26. The van der Waals surface area contributed by atoms with Crippen LogP contribution < -0.4 is 5.32 Å². The lowest BCUT2D eigenvalue weighted by Crippen LogP contribution is -2.42. The molecule has 1 N–H and O–H groups in total. The number of aryl methyl sites for hydroxylation is 1. The van der Waals surface area contributed by atoms with Crippen molar-refractivity contribution in [3.63, 3.8) is 0 Å². The van der Waals surface area contributed by atoms with E-state index in [1.165, 1.54) is 0 Å². The Balaban J connectivity index is 1.78. The number of anilines is 1. The minimum absolute atomic E-state index is 0.0235. The van der Waals surface area contributed by atoms with Crippen molar-refractivity contribution < 1.29 is 9.59 Å². The van der Waals surface area contributed by atoms with Crippen LogP contribution in [-0.2, 0) is 0 Å². The van der Waals surface area contributed by atoms with Gasteiger partial charge < -0.3 is 10.2 Å². The largest absolute Gasteiger partial charge is 0.338 e. The van der Waals surface area contributed by atoms with E-state index in [0.29, 0.717) is 33.7 Å². The Bertz CT molecular complexity index is 838. The minimum Gasteiger partial charge on any atom is -0.338 e. The topological polar surface area (TPSA) is 49.4 Å². The van der Waals surface area contributed by atoms with Crippen molar-refractivity contribution in [1.82, 2.24) is 4.90 Å². The Morgan fingerprint density at radius 1 is 1.00 bits per heavy atom. The molecule has 142 valence electrons. The lowest BCUT2D eigenvalue weighted by Gasteiger charge is -2.35. The minimum atomic E-state index is -0.223. The summed E-state index contributed by atoms with van der Waals surface area (Å²) in [6.07, 6.45) is 1.15. The molecule has 3 rings (SSSR count). The number of carbonyl (C=O) groups excluding carboxylic acids is 2. The number of benzene rings is 2. The van der Waals surface area contributed by atoms with E-state index in [0.717, 1.165) is 25.1 Å². The van der Waals surface area contributed by atoms with Gasteiger partial charge in [-0.1, -0.05) is 31.5 Å². The molecule has 0 bridgehead atoms. The van der Waals surface area contributed by atoms with Crippen molar-refractivity contribution in [3.8, 4) is 0 Å². The summed E-state index contributed by atoms with van der Waals surface area (Å²) in [6, 6.07) is 12.2. The summed E-state index contributed by atoms with van der Waals surface area (Å²) in [6.45, 7) is 7.84. The van der Waals surface area contributed by atoms with Gasteiger partial charge in [0.1, 0.15) is 0 Å². The summed E-state index contributed by atoms with van der Waals surface area (Å²) in [5.74, 6) is 0.814. The summed E-state index contributed by atoms with van der Waals surface area (Å²) >= 11 is 5.88. The number of nitrogens with one attached hydrogen (secondary N) is 1. The van der Waals surface area contributed by atoms with Crippen LogP contribution in [0.15, 0.2) is 42.5 Å². The molecule has 2 aromatic rings. The zero-order valence-corrected chi connectivity index (χ0v) is 16.7. The maximum absolute atomic E-state index is 12.9. The van der Waals surface area contributed by atoms with Crippen molar-refractivity contribution in [3.05, 3.63) is 64.2 Å². The predicted octanol–water partition coefficient (Wildman–Crippen LogP) is 5.02. The van der Waals surface area contributed by atoms with Gasteiger partial charge in [-0.05, 0) is 67.1 Å². The average Bonchev–Trinajstić information content (AvgIpc) is 2.62. The highest BCUT2D eigenvalue weighted by atomic mass is 35.5. The normalized spacial score (nSPS) is 19.6. The second-order valence-corrected chi connectivity index (χ2v) is 8.08. The lowest BCUT2D eigenvalue weighted by molar-refractivity contribution is 0.0623. The highest BCUT2D eigenvalue weighted by molar-refractivity contribution is 6.30. The second kappa shape index (κ2) is 8.13. The Morgan fingerprint density at radius 3 is 2.22 bits per heavy atom. The van der Waals surface area contributed by atoms with Crippen molar-refractivity contribution in [2.75, 3.05) is 18.4 Å². The molecule has 2 amide bonds. The summed E-state index contributed by atoms with van der Waals surface area (Å²) in [5.41, 5.74) is 2.69. The van der Waals surface area contributed by atoms with Crippen molar-refractivity contribution in [1.29, 1.82) is 0 Å². The molecule has 0 radical (unpaired) electrons. The Hall–Kier alpha value is -2.33. The first-order chi connectivity index (χ1) is 12.8. The van der Waals surface area contributed by atoms with E-state index in [4.69, 9.17) is 11.6 Å². The zero-order chi connectivity index (χ0) is 19.6. The fourth-order valence-electron chi connectivity index (χ4n) is 3.70. The van der Waals surface area contributed by atoms with Crippen LogP contribution in [0.2, 0.25) is 5.02 Å². The number of nitrogens with zero attached hydrogens (tertiary/aromatic N) is 1. The molecule has 0 aliphatic carbocycles. The molecule has 4 nitrogen and oxygen atoms in total. The van der Waals surface area contributed by atoms with E-state index >= 15 is 0 Å². The van der Waals surface area contributed by atoms with Gasteiger partial charge in [-0.25, -0.2) is 0 Å². The summed E-state index contributed by atoms with van der Waals surface area (Å²) in [7, 11) is 0. The van der Waals surface area contributed by atoms with E-state index in [1.807, 2.05) is 24.0 Å². The van der Waals surface area contributed by atoms with Gasteiger partial charge in [-0.2, -0.15) is 0 Å². The van der Waals surface area contributed by atoms with E-state index in [1.54, 1.807) is 30.3 Å². The van der Waals surface area contributed by atoms with Crippen LogP contribution in [0.1, 0.15) is 46.5 Å². The molecule has 27 heavy (non-hydrogen) atoms. The average molecular weight is 385 g/mol. The van der Waals surface area contributed by atoms with Gasteiger partial charge in [0.25, 0.3) is 11.8 Å². The van der Waals surface area contributed by atoms with Crippen LogP contribution in [0.5, 0.6) is 0 Å². The monoisotopic (exact) mass is 384 g/mol. The summed E-state index contributed by atoms with van der Waals surface area (Å²) in [4.78, 5) is 27.4. The number of hydrogen-bond donors (Lipinski definition) is 1. The maximum Gasteiger partial charge on any atom is 0.255 e. The first kappa shape index (κ1) is 19.4. The molecule has 1 fully saturated rings. The molecule has 2 unspecified atom stereocenters. The van der Waals surface area contributed by atoms with E-state index in [2.05, 4.69) is 19.2 Å². The highest BCUT2D eigenvalue weighted by Crippen LogP contribution is 2.24. The number of halogens is 1. The first-order valence-corrected chi connectivity index (χ1v) is 9.68.